The summed E-state index contributed by atoms with van der Waals surface area (Å²) in [6.45, 7) is 0. The van der Waals surface area contributed by atoms with Crippen LogP contribution < -0.4 is 14.8 Å². The van der Waals surface area contributed by atoms with E-state index in [9.17, 15) is 13.2 Å². The number of anilines is 2. The van der Waals surface area contributed by atoms with E-state index in [1.807, 2.05) is 12.1 Å². The number of benzene rings is 2. The van der Waals surface area contributed by atoms with Gasteiger partial charge in [-0.1, -0.05) is 12.1 Å². The van der Waals surface area contributed by atoms with E-state index in [4.69, 9.17) is 4.74 Å². The lowest BCUT2D eigenvalue weighted by Gasteiger charge is -2.12. The molecule has 0 amide bonds. The van der Waals surface area contributed by atoms with Crippen molar-refractivity contribution in [3.63, 3.8) is 0 Å². The Balaban J connectivity index is 1.54. The minimum absolute atomic E-state index is 0.204. The van der Waals surface area contributed by atoms with Gasteiger partial charge in [0.15, 0.2) is 11.6 Å². The van der Waals surface area contributed by atoms with E-state index in [0.717, 1.165) is 0 Å². The Morgan fingerprint density at radius 2 is 1.83 bits per heavy atom. The number of methoxy groups -OCH3 is 1. The molecule has 35 heavy (non-hydrogen) atoms. The van der Waals surface area contributed by atoms with Crippen LogP contribution in [0.2, 0.25) is 0 Å². The third-order valence-corrected chi connectivity index (χ3v) is 5.05. The molecule has 3 heterocycles. The standard InChI is InChI=1S/C24H17F3N6O2/c1-34-15-8-9-18-17(11-15)23(31-22(29-18)14-5-4-10-28-13-14)30-21-12-19(32-33-21)16-6-2-3-7-20(16)35-24(25,26)27/h2-13H,1H3,(H2,29,30,31,32,33). The van der Waals surface area contributed by atoms with Gasteiger partial charge < -0.3 is 14.8 Å². The van der Waals surface area contributed by atoms with E-state index in [2.05, 4.69) is 35.2 Å². The van der Waals surface area contributed by atoms with Crippen LogP contribution in [0.5, 0.6) is 11.5 Å². The molecule has 2 aromatic carbocycles. The number of hydrogen-bond donors (Lipinski definition) is 2. The van der Waals surface area contributed by atoms with Crippen LogP contribution in [-0.2, 0) is 0 Å². The lowest BCUT2D eigenvalue weighted by atomic mass is 10.1. The first-order valence-electron chi connectivity index (χ1n) is 10.3. The van der Waals surface area contributed by atoms with Crippen molar-refractivity contribution in [2.45, 2.75) is 6.36 Å². The van der Waals surface area contributed by atoms with E-state index >= 15 is 0 Å². The Morgan fingerprint density at radius 3 is 2.60 bits per heavy atom. The molecule has 0 fully saturated rings. The highest BCUT2D eigenvalue weighted by molar-refractivity contribution is 5.93. The van der Waals surface area contributed by atoms with E-state index in [1.54, 1.807) is 49.8 Å². The van der Waals surface area contributed by atoms with E-state index in [-0.39, 0.29) is 11.3 Å². The molecule has 176 valence electrons. The summed E-state index contributed by atoms with van der Waals surface area (Å²) in [5, 5.41) is 10.8. The molecule has 3 aromatic heterocycles. The van der Waals surface area contributed by atoms with Gasteiger partial charge in [0.1, 0.15) is 17.3 Å². The van der Waals surface area contributed by atoms with Crippen molar-refractivity contribution in [3.05, 3.63) is 73.1 Å². The molecular formula is C24H17F3N6O2. The second-order valence-electron chi connectivity index (χ2n) is 7.36. The highest BCUT2D eigenvalue weighted by Gasteiger charge is 2.32. The topological polar surface area (TPSA) is 97.8 Å². The molecule has 11 heteroatoms. The number of halogens is 3. The van der Waals surface area contributed by atoms with Crippen molar-refractivity contribution in [1.29, 1.82) is 0 Å². The third-order valence-electron chi connectivity index (χ3n) is 5.05. The Kier molecular flexibility index (Phi) is 5.65. The summed E-state index contributed by atoms with van der Waals surface area (Å²) in [5.74, 6) is 1.48. The quantitative estimate of drug-likeness (QED) is 0.322. The van der Waals surface area contributed by atoms with Crippen molar-refractivity contribution < 1.29 is 22.6 Å². The van der Waals surface area contributed by atoms with Gasteiger partial charge in [-0.15, -0.1) is 13.2 Å². The molecule has 0 aliphatic heterocycles. The van der Waals surface area contributed by atoms with E-state index < -0.39 is 6.36 Å². The van der Waals surface area contributed by atoms with Crippen LogP contribution in [0.4, 0.5) is 24.8 Å². The molecule has 0 saturated heterocycles. The lowest BCUT2D eigenvalue weighted by Crippen LogP contribution is -2.17. The number of nitrogens with zero attached hydrogens (tertiary/aromatic N) is 4. The fraction of sp³-hybridized carbons (Fsp3) is 0.0833. The number of para-hydroxylation sites is 1. The van der Waals surface area contributed by atoms with Crippen LogP contribution in [0.1, 0.15) is 0 Å². The smallest absolute Gasteiger partial charge is 0.497 e. The molecular weight excluding hydrogens is 461 g/mol. The molecule has 0 atom stereocenters. The Bertz CT molecular complexity index is 1490. The number of pyridine rings is 1. The predicted molar refractivity (Wildman–Crippen MR) is 123 cm³/mol. The fourth-order valence-electron chi connectivity index (χ4n) is 3.50. The van der Waals surface area contributed by atoms with Crippen molar-refractivity contribution in [2.75, 3.05) is 12.4 Å². The number of nitrogens with one attached hydrogen (secondary N) is 2. The first kappa shape index (κ1) is 22.1. The largest absolute Gasteiger partial charge is 0.573 e. The molecule has 0 bridgehead atoms. The van der Waals surface area contributed by atoms with Crippen LogP contribution in [0.3, 0.4) is 0 Å². The van der Waals surface area contributed by atoms with Crippen LogP contribution in [0.15, 0.2) is 73.1 Å². The van der Waals surface area contributed by atoms with Crippen molar-refractivity contribution >= 4 is 22.5 Å². The van der Waals surface area contributed by atoms with Gasteiger partial charge in [-0.2, -0.15) is 5.10 Å². The minimum atomic E-state index is -4.82. The first-order valence-corrected chi connectivity index (χ1v) is 10.3. The van der Waals surface area contributed by atoms with E-state index in [1.165, 1.54) is 18.2 Å². The molecule has 2 N–H and O–H groups in total. The second-order valence-corrected chi connectivity index (χ2v) is 7.36. The minimum Gasteiger partial charge on any atom is -0.497 e. The van der Waals surface area contributed by atoms with Gasteiger partial charge in [0, 0.05) is 35.0 Å². The third kappa shape index (κ3) is 4.83. The maximum atomic E-state index is 12.8. The van der Waals surface area contributed by atoms with Crippen LogP contribution in [-0.4, -0.2) is 38.6 Å². The molecule has 5 rings (SSSR count). The Morgan fingerprint density at radius 1 is 0.971 bits per heavy atom. The number of H-pyrrole nitrogens is 1. The highest BCUT2D eigenvalue weighted by Crippen LogP contribution is 2.35. The first-order chi connectivity index (χ1) is 16.9. The molecule has 0 aliphatic carbocycles. The Hall–Kier alpha value is -4.67. The van der Waals surface area contributed by atoms with Crippen molar-refractivity contribution in [2.24, 2.45) is 0 Å². The Labute approximate surface area is 196 Å². The number of hydrogen-bond acceptors (Lipinski definition) is 7. The van der Waals surface area contributed by atoms with Gasteiger partial charge in [-0.05, 0) is 42.5 Å². The molecule has 0 aliphatic rings. The van der Waals surface area contributed by atoms with Crippen LogP contribution in [0.25, 0.3) is 33.5 Å². The second kappa shape index (κ2) is 8.93. The van der Waals surface area contributed by atoms with Crippen molar-refractivity contribution in [3.8, 4) is 34.1 Å². The summed E-state index contributed by atoms with van der Waals surface area (Å²) < 4.78 is 48.0. The molecule has 0 radical (unpaired) electrons. The summed E-state index contributed by atoms with van der Waals surface area (Å²) in [4.78, 5) is 13.4. The zero-order valence-electron chi connectivity index (χ0n) is 18.2. The number of alkyl halides is 3. The van der Waals surface area contributed by atoms with Gasteiger partial charge in [0.25, 0.3) is 0 Å². The van der Waals surface area contributed by atoms with Gasteiger partial charge in [-0.25, -0.2) is 9.97 Å². The summed E-state index contributed by atoms with van der Waals surface area (Å²) in [7, 11) is 1.56. The summed E-state index contributed by atoms with van der Waals surface area (Å²) in [6, 6.07) is 16.4. The average Bonchev–Trinajstić information content (AvgIpc) is 3.32. The number of aromatic nitrogens is 5. The summed E-state index contributed by atoms with van der Waals surface area (Å²) in [6.07, 6.45) is -1.52. The number of fused-ring (bicyclic) bond motifs is 1. The fourth-order valence-corrected chi connectivity index (χ4v) is 3.50. The van der Waals surface area contributed by atoms with Crippen LogP contribution in [0, 0.1) is 0 Å². The van der Waals surface area contributed by atoms with Crippen LogP contribution >= 0.6 is 0 Å². The molecule has 0 saturated carbocycles. The zero-order chi connectivity index (χ0) is 24.4. The maximum Gasteiger partial charge on any atom is 0.573 e. The van der Waals surface area contributed by atoms with Gasteiger partial charge >= 0.3 is 6.36 Å². The average molecular weight is 478 g/mol. The SMILES string of the molecule is COc1ccc2nc(-c3cccnc3)nc(Nc3cc(-c4ccccc4OC(F)(F)F)[nH]n3)c2c1. The lowest BCUT2D eigenvalue weighted by molar-refractivity contribution is -0.274. The predicted octanol–water partition coefficient (Wildman–Crippen LogP) is 5.73. The number of rotatable bonds is 6. The summed E-state index contributed by atoms with van der Waals surface area (Å²) in [5.41, 5.74) is 1.91. The highest BCUT2D eigenvalue weighted by atomic mass is 19.4. The molecule has 0 spiro atoms. The molecule has 8 nitrogen and oxygen atoms in total. The van der Waals surface area contributed by atoms with Gasteiger partial charge in [0.05, 0.1) is 18.3 Å². The van der Waals surface area contributed by atoms with Gasteiger partial charge in [0.2, 0.25) is 0 Å². The maximum absolute atomic E-state index is 12.8. The summed E-state index contributed by atoms with van der Waals surface area (Å²) >= 11 is 0. The van der Waals surface area contributed by atoms with Crippen molar-refractivity contribution in [1.82, 2.24) is 25.1 Å². The normalized spacial score (nSPS) is 11.4. The molecule has 0 unspecified atom stereocenters. The van der Waals surface area contributed by atoms with E-state index in [0.29, 0.717) is 45.4 Å². The zero-order valence-corrected chi connectivity index (χ0v) is 18.2. The monoisotopic (exact) mass is 478 g/mol. The van der Waals surface area contributed by atoms with Gasteiger partial charge in [-0.3, -0.25) is 10.1 Å². The molecule has 5 aromatic rings. The number of aromatic amines is 1. The number of ether oxygens (including phenoxy) is 2.